The number of benzene rings is 1. The normalized spacial score (nSPS) is 13.5. The summed E-state index contributed by atoms with van der Waals surface area (Å²) in [6, 6.07) is 7.28. The topological polar surface area (TPSA) is 38.4 Å². The van der Waals surface area contributed by atoms with Gasteiger partial charge in [-0.3, -0.25) is 9.38 Å². The average Bonchev–Trinajstić information content (AvgIpc) is 2.49. The number of rotatable bonds is 8. The fraction of sp³-hybridized carbons (Fsp3) is 0.500. The van der Waals surface area contributed by atoms with Crippen LogP contribution < -0.4 is 5.73 Å². The number of aliphatic imine (C=N–C) groups is 1. The van der Waals surface area contributed by atoms with Gasteiger partial charge in [-0.15, -0.1) is 0 Å². The van der Waals surface area contributed by atoms with Crippen molar-refractivity contribution >= 4 is 11.4 Å². The SMILES string of the molecule is CC/C=C(\N=C(CN)CCCF)c1ccc(C(C)(C)F)cc1. The van der Waals surface area contributed by atoms with E-state index in [0.29, 0.717) is 24.9 Å². The number of nitrogens with zero attached hydrogens (tertiary/aromatic N) is 1. The van der Waals surface area contributed by atoms with Crippen molar-refractivity contribution in [2.45, 2.75) is 45.7 Å². The van der Waals surface area contributed by atoms with Crippen molar-refractivity contribution in [1.82, 2.24) is 0 Å². The molecular formula is C18H26F2N2. The molecule has 1 aromatic carbocycles. The molecule has 0 heterocycles. The van der Waals surface area contributed by atoms with Crippen LogP contribution in [0.5, 0.6) is 0 Å². The smallest absolute Gasteiger partial charge is 0.130 e. The van der Waals surface area contributed by atoms with E-state index in [-0.39, 0.29) is 6.67 Å². The maximum atomic E-state index is 13.9. The highest BCUT2D eigenvalue weighted by atomic mass is 19.1. The first-order valence-electron chi connectivity index (χ1n) is 7.74. The molecule has 4 heteroatoms. The Labute approximate surface area is 132 Å². The zero-order valence-corrected chi connectivity index (χ0v) is 13.7. The van der Waals surface area contributed by atoms with Crippen molar-refractivity contribution in [2.75, 3.05) is 13.2 Å². The molecule has 0 aliphatic rings. The van der Waals surface area contributed by atoms with E-state index < -0.39 is 5.67 Å². The summed E-state index contributed by atoms with van der Waals surface area (Å²) in [7, 11) is 0. The number of nitrogens with two attached hydrogens (primary N) is 1. The second-order valence-corrected chi connectivity index (χ2v) is 5.72. The molecule has 0 saturated heterocycles. The number of hydrogen-bond acceptors (Lipinski definition) is 2. The molecule has 0 saturated carbocycles. The van der Waals surface area contributed by atoms with E-state index in [1.54, 1.807) is 12.1 Å². The van der Waals surface area contributed by atoms with Crippen molar-refractivity contribution in [3.63, 3.8) is 0 Å². The van der Waals surface area contributed by atoms with Gasteiger partial charge in [0, 0.05) is 12.3 Å². The Morgan fingerprint density at radius 2 is 1.91 bits per heavy atom. The summed E-state index contributed by atoms with van der Waals surface area (Å²) >= 11 is 0. The van der Waals surface area contributed by atoms with Crippen LogP contribution in [-0.2, 0) is 5.67 Å². The van der Waals surface area contributed by atoms with E-state index in [1.807, 2.05) is 25.1 Å². The van der Waals surface area contributed by atoms with Crippen molar-refractivity contribution in [3.8, 4) is 0 Å². The summed E-state index contributed by atoms with van der Waals surface area (Å²) < 4.78 is 26.2. The van der Waals surface area contributed by atoms with Gasteiger partial charge in [0.2, 0.25) is 0 Å². The lowest BCUT2D eigenvalue weighted by molar-refractivity contribution is 0.221. The Hall–Kier alpha value is -1.55. The maximum Gasteiger partial charge on any atom is 0.130 e. The molecule has 1 aromatic rings. The lowest BCUT2D eigenvalue weighted by atomic mass is 9.98. The molecule has 0 spiro atoms. The predicted molar refractivity (Wildman–Crippen MR) is 90.5 cm³/mol. The first kappa shape index (κ1) is 18.5. The van der Waals surface area contributed by atoms with Gasteiger partial charge in [0.25, 0.3) is 0 Å². The highest BCUT2D eigenvalue weighted by Gasteiger charge is 2.18. The van der Waals surface area contributed by atoms with Gasteiger partial charge in [-0.25, -0.2) is 4.39 Å². The molecule has 0 aliphatic heterocycles. The van der Waals surface area contributed by atoms with E-state index in [2.05, 4.69) is 4.99 Å². The second-order valence-electron chi connectivity index (χ2n) is 5.72. The molecule has 0 aromatic heterocycles. The van der Waals surface area contributed by atoms with Gasteiger partial charge in [0.05, 0.1) is 12.4 Å². The third-order valence-corrected chi connectivity index (χ3v) is 3.38. The van der Waals surface area contributed by atoms with Gasteiger partial charge in [-0.1, -0.05) is 37.3 Å². The van der Waals surface area contributed by atoms with Crippen molar-refractivity contribution < 1.29 is 8.78 Å². The Kier molecular flexibility index (Phi) is 7.39. The molecule has 2 N–H and O–H groups in total. The van der Waals surface area contributed by atoms with Crippen LogP contribution in [0, 0.1) is 0 Å². The standard InChI is InChI=1S/C18H26F2N2/c1-4-6-17(22-16(13-21)7-5-12-19)14-8-10-15(11-9-14)18(2,3)20/h6,8-11H,4-5,7,12-13,21H2,1-3H3/b17-6-,22-16?. The fourth-order valence-electron chi connectivity index (χ4n) is 2.10. The largest absolute Gasteiger partial charge is 0.325 e. The number of hydrogen-bond donors (Lipinski definition) is 1. The van der Waals surface area contributed by atoms with Gasteiger partial charge < -0.3 is 5.73 Å². The van der Waals surface area contributed by atoms with Crippen LogP contribution >= 0.6 is 0 Å². The molecule has 0 atom stereocenters. The van der Waals surface area contributed by atoms with Crippen LogP contribution in [0.25, 0.3) is 5.70 Å². The minimum absolute atomic E-state index is 0.316. The lowest BCUT2D eigenvalue weighted by Gasteiger charge is -2.15. The molecule has 0 aliphatic carbocycles. The van der Waals surface area contributed by atoms with Crippen LogP contribution in [0.3, 0.4) is 0 Å². The van der Waals surface area contributed by atoms with E-state index in [0.717, 1.165) is 23.4 Å². The predicted octanol–water partition coefficient (Wildman–Crippen LogP) is 4.79. The number of halogens is 2. The van der Waals surface area contributed by atoms with Gasteiger partial charge in [0.1, 0.15) is 5.67 Å². The molecule has 0 unspecified atom stereocenters. The van der Waals surface area contributed by atoms with Crippen LogP contribution in [0.2, 0.25) is 0 Å². The molecule has 22 heavy (non-hydrogen) atoms. The quantitative estimate of drug-likeness (QED) is 0.689. The minimum Gasteiger partial charge on any atom is -0.325 e. The van der Waals surface area contributed by atoms with Crippen molar-refractivity contribution in [2.24, 2.45) is 10.7 Å². The van der Waals surface area contributed by atoms with E-state index in [9.17, 15) is 8.78 Å². The van der Waals surface area contributed by atoms with E-state index in [4.69, 9.17) is 5.73 Å². The first-order chi connectivity index (χ1) is 10.4. The highest BCUT2D eigenvalue weighted by molar-refractivity contribution is 5.91. The van der Waals surface area contributed by atoms with Gasteiger partial charge in [0.15, 0.2) is 0 Å². The lowest BCUT2D eigenvalue weighted by Crippen LogP contribution is -2.14. The third-order valence-electron chi connectivity index (χ3n) is 3.38. The monoisotopic (exact) mass is 308 g/mol. The molecule has 0 radical (unpaired) electrons. The summed E-state index contributed by atoms with van der Waals surface area (Å²) in [6.45, 7) is 5.04. The van der Waals surface area contributed by atoms with E-state index in [1.165, 1.54) is 13.8 Å². The maximum absolute atomic E-state index is 13.9. The summed E-state index contributed by atoms with van der Waals surface area (Å²) in [6.07, 6.45) is 3.82. The molecule has 0 amide bonds. The Morgan fingerprint density at radius 3 is 2.36 bits per heavy atom. The van der Waals surface area contributed by atoms with Crippen molar-refractivity contribution in [3.05, 3.63) is 41.5 Å². The average molecular weight is 308 g/mol. The Bertz CT molecular complexity index is 511. The van der Waals surface area contributed by atoms with Crippen LogP contribution in [0.15, 0.2) is 35.3 Å². The minimum atomic E-state index is -1.36. The second kappa shape index (κ2) is 8.79. The molecular weight excluding hydrogens is 282 g/mol. The summed E-state index contributed by atoms with van der Waals surface area (Å²) in [5, 5.41) is 0. The van der Waals surface area contributed by atoms with Gasteiger partial charge >= 0.3 is 0 Å². The van der Waals surface area contributed by atoms with Crippen molar-refractivity contribution in [1.29, 1.82) is 0 Å². The third kappa shape index (κ3) is 5.68. The first-order valence-corrected chi connectivity index (χ1v) is 7.74. The summed E-state index contributed by atoms with van der Waals surface area (Å²) in [5.74, 6) is 0. The molecule has 0 bridgehead atoms. The Morgan fingerprint density at radius 1 is 1.27 bits per heavy atom. The Balaban J connectivity index is 3.05. The number of alkyl halides is 2. The van der Waals surface area contributed by atoms with E-state index >= 15 is 0 Å². The zero-order chi connectivity index (χ0) is 16.6. The van der Waals surface area contributed by atoms with Crippen LogP contribution in [0.1, 0.15) is 51.2 Å². The summed E-state index contributed by atoms with van der Waals surface area (Å²) in [4.78, 5) is 4.58. The molecule has 0 fully saturated rings. The summed E-state index contributed by atoms with van der Waals surface area (Å²) in [5.41, 5.74) is 7.47. The fourth-order valence-corrected chi connectivity index (χ4v) is 2.10. The van der Waals surface area contributed by atoms with Crippen LogP contribution in [0.4, 0.5) is 8.78 Å². The highest BCUT2D eigenvalue weighted by Crippen LogP contribution is 2.26. The van der Waals surface area contributed by atoms with Crippen LogP contribution in [-0.4, -0.2) is 18.9 Å². The van der Waals surface area contributed by atoms with Gasteiger partial charge in [-0.2, -0.15) is 0 Å². The number of allylic oxidation sites excluding steroid dienone is 1. The van der Waals surface area contributed by atoms with Gasteiger partial charge in [-0.05, 0) is 44.2 Å². The molecule has 122 valence electrons. The molecule has 1 rings (SSSR count). The molecule has 2 nitrogen and oxygen atoms in total. The zero-order valence-electron chi connectivity index (χ0n) is 13.7.